The van der Waals surface area contributed by atoms with Gasteiger partial charge in [0.2, 0.25) is 0 Å². The van der Waals surface area contributed by atoms with Gasteiger partial charge in [-0.2, -0.15) is 0 Å². The highest BCUT2D eigenvalue weighted by atomic mass is 79.9. The molecular formula is C16H23BBrNO3. The van der Waals surface area contributed by atoms with Crippen LogP contribution in [0.5, 0.6) is 5.75 Å². The third-order valence-corrected chi connectivity index (χ3v) is 4.82. The fourth-order valence-electron chi connectivity index (χ4n) is 2.22. The third kappa shape index (κ3) is 3.40. The Bertz CT molecular complexity index is 571. The molecule has 2 rings (SSSR count). The molecule has 0 aromatic heterocycles. The molecule has 0 radical (unpaired) electrons. The standard InChI is InChI=1S/C16H23BBrNO3/c1-15(2)16(3,4)22-17(21-15)12(10-19)8-11-6-7-13(18)9-14(11)20-5/h6-9H,10,19H2,1-5H3. The van der Waals surface area contributed by atoms with Gasteiger partial charge in [0.25, 0.3) is 0 Å². The molecule has 2 N–H and O–H groups in total. The van der Waals surface area contributed by atoms with Gasteiger partial charge in [-0.15, -0.1) is 0 Å². The number of hydrogen-bond acceptors (Lipinski definition) is 4. The lowest BCUT2D eigenvalue weighted by Crippen LogP contribution is -2.41. The molecule has 1 aromatic carbocycles. The molecule has 0 amide bonds. The van der Waals surface area contributed by atoms with Crippen molar-refractivity contribution < 1.29 is 14.0 Å². The molecule has 22 heavy (non-hydrogen) atoms. The van der Waals surface area contributed by atoms with Crippen molar-refractivity contribution in [3.63, 3.8) is 0 Å². The fourth-order valence-corrected chi connectivity index (χ4v) is 2.56. The van der Waals surface area contributed by atoms with Crippen molar-refractivity contribution in [2.24, 2.45) is 5.73 Å². The summed E-state index contributed by atoms with van der Waals surface area (Å²) in [5.74, 6) is 0.775. The lowest BCUT2D eigenvalue weighted by molar-refractivity contribution is 0.00578. The SMILES string of the molecule is COc1cc(Br)ccc1C=C(CN)B1OC(C)(C)C(C)(C)O1. The van der Waals surface area contributed by atoms with Gasteiger partial charge in [-0.3, -0.25) is 0 Å². The van der Waals surface area contributed by atoms with Crippen LogP contribution >= 0.6 is 15.9 Å². The first-order valence-electron chi connectivity index (χ1n) is 7.30. The summed E-state index contributed by atoms with van der Waals surface area (Å²) in [5.41, 5.74) is 7.00. The first kappa shape index (κ1) is 17.5. The number of rotatable bonds is 4. The average Bonchev–Trinajstić information content (AvgIpc) is 2.65. The summed E-state index contributed by atoms with van der Waals surface area (Å²) in [4.78, 5) is 0. The maximum atomic E-state index is 6.07. The molecule has 1 heterocycles. The monoisotopic (exact) mass is 367 g/mol. The highest BCUT2D eigenvalue weighted by Gasteiger charge is 2.52. The molecule has 1 saturated heterocycles. The number of methoxy groups -OCH3 is 1. The summed E-state index contributed by atoms with van der Waals surface area (Å²) >= 11 is 3.44. The van der Waals surface area contributed by atoms with Crippen LogP contribution < -0.4 is 10.5 Å². The van der Waals surface area contributed by atoms with E-state index in [-0.39, 0.29) is 11.2 Å². The molecule has 1 aliphatic rings. The van der Waals surface area contributed by atoms with Crippen LogP contribution in [0.25, 0.3) is 6.08 Å². The minimum Gasteiger partial charge on any atom is -0.496 e. The van der Waals surface area contributed by atoms with Gasteiger partial charge in [-0.05, 0) is 45.3 Å². The summed E-state index contributed by atoms with van der Waals surface area (Å²) in [6.07, 6.45) is 1.98. The molecule has 6 heteroatoms. The second kappa shape index (κ2) is 6.36. The quantitative estimate of drug-likeness (QED) is 0.828. The van der Waals surface area contributed by atoms with Crippen molar-refractivity contribution in [1.29, 1.82) is 0 Å². The highest BCUT2D eigenvalue weighted by Crippen LogP contribution is 2.39. The number of halogens is 1. The van der Waals surface area contributed by atoms with Crippen LogP contribution in [0.3, 0.4) is 0 Å². The van der Waals surface area contributed by atoms with Gasteiger partial charge in [-0.1, -0.05) is 28.1 Å². The first-order valence-corrected chi connectivity index (χ1v) is 8.09. The van der Waals surface area contributed by atoms with E-state index < -0.39 is 7.12 Å². The Balaban J connectivity index is 2.34. The third-order valence-electron chi connectivity index (χ3n) is 4.33. The maximum absolute atomic E-state index is 6.07. The van der Waals surface area contributed by atoms with Crippen LogP contribution in [0.2, 0.25) is 0 Å². The van der Waals surface area contributed by atoms with Gasteiger partial charge in [0.1, 0.15) is 5.75 Å². The largest absolute Gasteiger partial charge is 0.496 e. The molecule has 1 aromatic rings. The van der Waals surface area contributed by atoms with E-state index in [4.69, 9.17) is 19.8 Å². The molecule has 0 spiro atoms. The van der Waals surface area contributed by atoms with E-state index in [0.29, 0.717) is 6.54 Å². The molecule has 1 fully saturated rings. The van der Waals surface area contributed by atoms with Gasteiger partial charge in [0, 0.05) is 16.6 Å². The summed E-state index contributed by atoms with van der Waals surface area (Å²) in [6.45, 7) is 8.47. The van der Waals surface area contributed by atoms with Crippen LogP contribution in [0.1, 0.15) is 33.3 Å². The zero-order valence-electron chi connectivity index (χ0n) is 13.8. The van der Waals surface area contributed by atoms with Crippen LogP contribution in [-0.4, -0.2) is 32.0 Å². The van der Waals surface area contributed by atoms with E-state index in [1.54, 1.807) is 7.11 Å². The number of hydrogen-bond donors (Lipinski definition) is 1. The van der Waals surface area contributed by atoms with E-state index in [1.165, 1.54) is 0 Å². The molecule has 4 nitrogen and oxygen atoms in total. The zero-order chi connectivity index (χ0) is 16.5. The number of ether oxygens (including phenoxy) is 1. The van der Waals surface area contributed by atoms with E-state index >= 15 is 0 Å². The average molecular weight is 368 g/mol. The van der Waals surface area contributed by atoms with Crippen molar-refractivity contribution in [2.75, 3.05) is 13.7 Å². The van der Waals surface area contributed by atoms with Crippen molar-refractivity contribution in [1.82, 2.24) is 0 Å². The number of nitrogens with two attached hydrogens (primary N) is 1. The first-order chi connectivity index (χ1) is 10.2. The minimum absolute atomic E-state index is 0.357. The molecular weight excluding hydrogens is 345 g/mol. The summed E-state index contributed by atoms with van der Waals surface area (Å²) in [7, 11) is 1.21. The van der Waals surface area contributed by atoms with Crippen molar-refractivity contribution >= 4 is 29.1 Å². The Morgan fingerprint density at radius 1 is 1.27 bits per heavy atom. The van der Waals surface area contributed by atoms with Crippen molar-refractivity contribution in [3.05, 3.63) is 33.7 Å². The van der Waals surface area contributed by atoms with Gasteiger partial charge < -0.3 is 19.8 Å². The van der Waals surface area contributed by atoms with Crippen LogP contribution in [0.15, 0.2) is 28.1 Å². The zero-order valence-corrected chi connectivity index (χ0v) is 15.4. The van der Waals surface area contributed by atoms with Gasteiger partial charge >= 0.3 is 7.12 Å². The van der Waals surface area contributed by atoms with Crippen LogP contribution in [0.4, 0.5) is 0 Å². The Morgan fingerprint density at radius 3 is 2.36 bits per heavy atom. The molecule has 0 unspecified atom stereocenters. The molecule has 0 atom stereocenters. The Kier molecular flexibility index (Phi) is 5.07. The Morgan fingerprint density at radius 2 is 1.86 bits per heavy atom. The van der Waals surface area contributed by atoms with Crippen LogP contribution in [-0.2, 0) is 9.31 Å². The minimum atomic E-state index is -0.441. The molecule has 120 valence electrons. The lowest BCUT2D eigenvalue weighted by atomic mass is 9.77. The Hall–Kier alpha value is -0.815. The number of benzene rings is 1. The maximum Gasteiger partial charge on any atom is 0.491 e. The second-order valence-electron chi connectivity index (χ2n) is 6.40. The second-order valence-corrected chi connectivity index (χ2v) is 7.31. The topological polar surface area (TPSA) is 53.7 Å². The Labute approximate surface area is 141 Å². The van der Waals surface area contributed by atoms with Crippen molar-refractivity contribution in [2.45, 2.75) is 38.9 Å². The molecule has 1 aliphatic heterocycles. The van der Waals surface area contributed by atoms with Gasteiger partial charge in [-0.25, -0.2) is 0 Å². The predicted molar refractivity (Wildman–Crippen MR) is 93.8 cm³/mol. The summed E-state index contributed by atoms with van der Waals surface area (Å²) in [6, 6.07) is 5.86. The lowest BCUT2D eigenvalue weighted by Gasteiger charge is -2.32. The molecule has 0 bridgehead atoms. The normalized spacial score (nSPS) is 20.3. The van der Waals surface area contributed by atoms with Gasteiger partial charge in [0.15, 0.2) is 0 Å². The van der Waals surface area contributed by atoms with E-state index in [9.17, 15) is 0 Å². The van der Waals surface area contributed by atoms with Crippen molar-refractivity contribution in [3.8, 4) is 5.75 Å². The highest BCUT2D eigenvalue weighted by molar-refractivity contribution is 9.10. The summed E-state index contributed by atoms with van der Waals surface area (Å²) in [5, 5.41) is 0. The van der Waals surface area contributed by atoms with Crippen LogP contribution in [0, 0.1) is 0 Å². The molecule has 0 aliphatic carbocycles. The summed E-state index contributed by atoms with van der Waals surface area (Å²) < 4.78 is 18.5. The smallest absolute Gasteiger partial charge is 0.491 e. The van der Waals surface area contributed by atoms with E-state index in [0.717, 1.165) is 21.3 Å². The predicted octanol–water partition coefficient (Wildman–Crippen LogP) is 3.43. The van der Waals surface area contributed by atoms with Gasteiger partial charge in [0.05, 0.1) is 18.3 Å². The van der Waals surface area contributed by atoms with E-state index in [1.807, 2.05) is 52.0 Å². The van der Waals surface area contributed by atoms with E-state index in [2.05, 4.69) is 15.9 Å². The molecule has 0 saturated carbocycles. The fraction of sp³-hybridized carbons (Fsp3) is 0.500.